The molecule has 1 aliphatic heterocycles. The van der Waals surface area contributed by atoms with Gasteiger partial charge in [0.1, 0.15) is 5.60 Å². The number of aryl methyl sites for hydroxylation is 1. The number of nitrogens with two attached hydrogens (primary N) is 1. The number of ether oxygens (including phenoxy) is 1. The van der Waals surface area contributed by atoms with Crippen molar-refractivity contribution in [3.8, 4) is 0 Å². The Morgan fingerprint density at radius 2 is 1.57 bits per heavy atom. The maximum atomic E-state index is 13.2. The molecule has 0 spiro atoms. The second kappa shape index (κ2) is 13.2. The van der Waals surface area contributed by atoms with Crippen LogP contribution in [-0.2, 0) is 22.1 Å². The van der Waals surface area contributed by atoms with Gasteiger partial charge in [-0.2, -0.15) is 22.4 Å². The van der Waals surface area contributed by atoms with Crippen LogP contribution in [0.25, 0.3) is 0 Å². The van der Waals surface area contributed by atoms with Crippen LogP contribution < -0.4 is 5.73 Å². The number of hydrogen-bond acceptors (Lipinski definition) is 3. The molecule has 4 nitrogen and oxygen atoms in total. The Hall–Kier alpha value is -2.87. The number of amides is 1. The fourth-order valence-electron chi connectivity index (χ4n) is 4.81. The number of hydrogen-bond donors (Lipinski definition) is 1. The topological polar surface area (TPSA) is 55.6 Å². The zero-order valence-electron chi connectivity index (χ0n) is 24.5. The van der Waals surface area contributed by atoms with Gasteiger partial charge in [0.2, 0.25) is 5.91 Å². The van der Waals surface area contributed by atoms with E-state index >= 15 is 0 Å². The standard InChI is InChI=1S/C26H32F3NOS.C6H13NO/c1-25(2,32(3,4)23-12-8-11-22(19-23)26(27,28)29)21-15-17-30(18-16-21)24(31)14-13-20-9-6-5-7-10-20;1-5(7)8-6(2,3)4/h5-12,19,21H,3-4,13-18H2,1-2H3;1,7H2,2-4H3. The minimum Gasteiger partial charge on any atom is -0.474 e. The molecular formula is C32H45F3N2O2S. The first-order valence-electron chi connectivity index (χ1n) is 13.5. The number of piperidine rings is 1. The summed E-state index contributed by atoms with van der Waals surface area (Å²) < 4.78 is 44.3. The molecule has 0 aromatic heterocycles. The third-order valence-electron chi connectivity index (χ3n) is 7.36. The Balaban J connectivity index is 0.000000611. The maximum Gasteiger partial charge on any atom is 0.416 e. The van der Waals surface area contributed by atoms with Crippen LogP contribution in [0, 0.1) is 5.92 Å². The third kappa shape index (κ3) is 9.36. The van der Waals surface area contributed by atoms with Crippen molar-refractivity contribution >= 4 is 26.9 Å². The molecule has 0 atom stereocenters. The summed E-state index contributed by atoms with van der Waals surface area (Å²) >= 11 is 0. The molecule has 0 radical (unpaired) electrons. The smallest absolute Gasteiger partial charge is 0.416 e. The van der Waals surface area contributed by atoms with Gasteiger partial charge < -0.3 is 15.4 Å². The SMILES string of the molecule is C=C(N)OC(C)(C)C.C=S(=C)(c1cccc(C(F)(F)F)c1)C(C)(C)C1CCN(C(=O)CCc2ccccc2)CC1. The normalized spacial score (nSPS) is 15.2. The lowest BCUT2D eigenvalue weighted by Crippen LogP contribution is -2.44. The highest BCUT2D eigenvalue weighted by Crippen LogP contribution is 2.52. The first-order chi connectivity index (χ1) is 18.3. The molecule has 40 heavy (non-hydrogen) atoms. The molecule has 2 aromatic rings. The van der Waals surface area contributed by atoms with Gasteiger partial charge in [-0.25, -0.2) is 0 Å². The molecule has 222 valence electrons. The lowest BCUT2D eigenvalue weighted by atomic mass is 9.85. The summed E-state index contributed by atoms with van der Waals surface area (Å²) in [5.74, 6) is 9.37. The summed E-state index contributed by atoms with van der Waals surface area (Å²) in [6.45, 7) is 14.6. The van der Waals surface area contributed by atoms with Gasteiger partial charge in [0, 0.05) is 24.3 Å². The zero-order chi connectivity index (χ0) is 30.4. The molecule has 3 rings (SSSR count). The fourth-order valence-corrected chi connectivity index (χ4v) is 6.98. The number of benzene rings is 2. The van der Waals surface area contributed by atoms with Crippen molar-refractivity contribution in [3.63, 3.8) is 0 Å². The van der Waals surface area contributed by atoms with E-state index in [1.165, 1.54) is 12.1 Å². The van der Waals surface area contributed by atoms with E-state index in [2.05, 4.69) is 32.2 Å². The van der Waals surface area contributed by atoms with Crippen molar-refractivity contribution in [3.05, 3.63) is 78.2 Å². The summed E-state index contributed by atoms with van der Waals surface area (Å²) in [6.07, 6.45) is -1.55. The van der Waals surface area contributed by atoms with Crippen LogP contribution in [-0.4, -0.2) is 46.0 Å². The van der Waals surface area contributed by atoms with Gasteiger partial charge in [-0.15, -0.1) is 0 Å². The molecule has 0 aliphatic carbocycles. The monoisotopic (exact) mass is 578 g/mol. The summed E-state index contributed by atoms with van der Waals surface area (Å²) in [7, 11) is -2.01. The average molecular weight is 579 g/mol. The van der Waals surface area contributed by atoms with Gasteiger partial charge in [-0.05, 0) is 81.2 Å². The second-order valence-corrected chi connectivity index (χ2v) is 15.1. The lowest BCUT2D eigenvalue weighted by molar-refractivity contribution is -0.137. The Kier molecular flexibility index (Phi) is 11.0. The van der Waals surface area contributed by atoms with E-state index < -0.39 is 20.9 Å². The molecule has 8 heteroatoms. The largest absolute Gasteiger partial charge is 0.474 e. The number of alkyl halides is 3. The summed E-state index contributed by atoms with van der Waals surface area (Å²) in [5, 5.41) is 0. The molecule has 0 saturated carbocycles. The number of rotatable bonds is 7. The first kappa shape index (κ1) is 33.3. The maximum absolute atomic E-state index is 13.2. The van der Waals surface area contributed by atoms with Crippen molar-refractivity contribution in [2.45, 2.75) is 81.7 Å². The average Bonchev–Trinajstić information content (AvgIpc) is 2.86. The Labute approximate surface area is 238 Å². The van der Waals surface area contributed by atoms with Crippen LogP contribution in [0.1, 0.15) is 65.0 Å². The van der Waals surface area contributed by atoms with Crippen molar-refractivity contribution in [1.82, 2.24) is 4.90 Å². The van der Waals surface area contributed by atoms with E-state index in [-0.39, 0.29) is 28.1 Å². The van der Waals surface area contributed by atoms with Gasteiger partial charge in [0.15, 0.2) is 5.88 Å². The molecule has 1 fully saturated rings. The van der Waals surface area contributed by atoms with E-state index in [4.69, 9.17) is 10.5 Å². The molecular weight excluding hydrogens is 533 g/mol. The molecule has 1 amide bonds. The summed E-state index contributed by atoms with van der Waals surface area (Å²) in [5.41, 5.74) is 5.45. The Bertz CT molecular complexity index is 1240. The molecule has 0 unspecified atom stereocenters. The van der Waals surface area contributed by atoms with Gasteiger partial charge in [0.05, 0.1) is 5.56 Å². The molecule has 1 saturated heterocycles. The minimum absolute atomic E-state index is 0.158. The zero-order valence-corrected chi connectivity index (χ0v) is 25.3. The number of carbonyl (C=O) groups is 1. The predicted octanol–water partition coefficient (Wildman–Crippen LogP) is 7.61. The fraction of sp³-hybridized carbons (Fsp3) is 0.469. The summed E-state index contributed by atoms with van der Waals surface area (Å²) in [6, 6.07) is 15.4. The van der Waals surface area contributed by atoms with E-state index in [1.807, 2.05) is 56.0 Å². The van der Waals surface area contributed by atoms with Gasteiger partial charge in [-0.3, -0.25) is 4.79 Å². The Morgan fingerprint density at radius 1 is 1.00 bits per heavy atom. The van der Waals surface area contributed by atoms with Gasteiger partial charge in [-0.1, -0.05) is 62.0 Å². The highest BCUT2D eigenvalue weighted by Gasteiger charge is 2.38. The van der Waals surface area contributed by atoms with Gasteiger partial charge >= 0.3 is 6.18 Å². The number of halogens is 3. The van der Waals surface area contributed by atoms with Crippen molar-refractivity contribution < 1.29 is 22.7 Å². The number of nitrogens with zero attached hydrogens (tertiary/aromatic N) is 1. The van der Waals surface area contributed by atoms with E-state index in [0.29, 0.717) is 24.4 Å². The van der Waals surface area contributed by atoms with Gasteiger partial charge in [0.25, 0.3) is 0 Å². The number of carbonyl (C=O) groups excluding carboxylic acids is 1. The molecule has 1 heterocycles. The van der Waals surface area contributed by atoms with E-state index in [9.17, 15) is 18.0 Å². The minimum atomic E-state index is -4.39. The molecule has 1 aliphatic rings. The lowest BCUT2D eigenvalue weighted by Gasteiger charge is -2.45. The van der Waals surface area contributed by atoms with Crippen LogP contribution in [0.2, 0.25) is 0 Å². The van der Waals surface area contributed by atoms with E-state index in [1.54, 1.807) is 6.07 Å². The quantitative estimate of drug-likeness (QED) is 0.272. The van der Waals surface area contributed by atoms with Crippen LogP contribution in [0.15, 0.2) is 72.0 Å². The molecule has 2 N–H and O–H groups in total. The van der Waals surface area contributed by atoms with Crippen LogP contribution in [0.5, 0.6) is 0 Å². The first-order valence-corrected chi connectivity index (χ1v) is 15.4. The van der Waals surface area contributed by atoms with Crippen LogP contribution in [0.3, 0.4) is 0 Å². The summed E-state index contributed by atoms with van der Waals surface area (Å²) in [4.78, 5) is 15.2. The highest BCUT2D eigenvalue weighted by molar-refractivity contribution is 8.28. The number of likely N-dealkylation sites (tertiary alicyclic amines) is 1. The van der Waals surface area contributed by atoms with Crippen molar-refractivity contribution in [2.75, 3.05) is 13.1 Å². The second-order valence-electron chi connectivity index (χ2n) is 11.8. The Morgan fingerprint density at radius 3 is 2.05 bits per heavy atom. The van der Waals surface area contributed by atoms with E-state index in [0.717, 1.165) is 30.9 Å². The van der Waals surface area contributed by atoms with Crippen molar-refractivity contribution in [2.24, 2.45) is 11.7 Å². The predicted molar refractivity (Wildman–Crippen MR) is 164 cm³/mol. The highest BCUT2D eigenvalue weighted by atomic mass is 32.2. The van der Waals surface area contributed by atoms with Crippen LogP contribution in [0.4, 0.5) is 13.2 Å². The molecule has 0 bridgehead atoms. The third-order valence-corrected chi connectivity index (χ3v) is 10.9. The van der Waals surface area contributed by atoms with Crippen LogP contribution >= 0.6 is 9.21 Å². The van der Waals surface area contributed by atoms with Crippen molar-refractivity contribution in [1.29, 1.82) is 0 Å². The molecule has 2 aromatic carbocycles.